The van der Waals surface area contributed by atoms with Crippen LogP contribution in [0.3, 0.4) is 0 Å². The first kappa shape index (κ1) is 14.2. The van der Waals surface area contributed by atoms with Crippen molar-refractivity contribution < 1.29 is 8.85 Å². The Morgan fingerprint density at radius 2 is 1.38 bits per heavy atom. The quantitative estimate of drug-likeness (QED) is 0.659. The molecule has 1 saturated heterocycles. The molecule has 0 aromatic rings. The Kier molecular flexibility index (Phi) is 5.01. The Balaban J connectivity index is 2.80. The van der Waals surface area contributed by atoms with Crippen LogP contribution in [0.25, 0.3) is 0 Å². The van der Waals surface area contributed by atoms with Gasteiger partial charge in [0.15, 0.2) is 0 Å². The van der Waals surface area contributed by atoms with Crippen LogP contribution in [0.2, 0.25) is 11.1 Å². The monoisotopic (exact) mass is 244 g/mol. The first-order valence-corrected chi connectivity index (χ1v) is 8.64. The van der Waals surface area contributed by atoms with Crippen molar-refractivity contribution in [1.82, 2.24) is 0 Å². The summed E-state index contributed by atoms with van der Waals surface area (Å²) in [5, 5.41) is 0. The minimum atomic E-state index is -1.92. The van der Waals surface area contributed by atoms with Crippen LogP contribution in [0.15, 0.2) is 0 Å². The molecular formula is C13H28O2Si. The molecule has 1 aliphatic rings. The molecule has 0 aliphatic carbocycles. The van der Waals surface area contributed by atoms with Crippen molar-refractivity contribution in [3.63, 3.8) is 0 Å². The minimum absolute atomic E-state index is 0.700. The highest BCUT2D eigenvalue weighted by Gasteiger charge is 2.63. The molecule has 4 atom stereocenters. The molecular weight excluding hydrogens is 216 g/mol. The predicted octanol–water partition coefficient (Wildman–Crippen LogP) is 3.96. The van der Waals surface area contributed by atoms with E-state index in [4.69, 9.17) is 8.85 Å². The van der Waals surface area contributed by atoms with E-state index in [2.05, 4.69) is 27.7 Å². The van der Waals surface area contributed by atoms with E-state index in [0.29, 0.717) is 11.1 Å². The first-order valence-electron chi connectivity index (χ1n) is 6.67. The van der Waals surface area contributed by atoms with Gasteiger partial charge in [0.2, 0.25) is 0 Å². The van der Waals surface area contributed by atoms with Gasteiger partial charge in [-0.2, -0.15) is 0 Å². The Bertz CT molecular complexity index is 198. The average molecular weight is 244 g/mol. The molecule has 16 heavy (non-hydrogen) atoms. The van der Waals surface area contributed by atoms with E-state index in [1.165, 1.54) is 19.3 Å². The second-order valence-electron chi connectivity index (χ2n) is 5.35. The van der Waals surface area contributed by atoms with Gasteiger partial charge in [-0.05, 0) is 18.3 Å². The third kappa shape index (κ3) is 2.09. The average Bonchev–Trinajstić information content (AvgIpc) is 2.29. The van der Waals surface area contributed by atoms with Crippen LogP contribution >= 0.6 is 0 Å². The third-order valence-electron chi connectivity index (χ3n) is 4.84. The van der Waals surface area contributed by atoms with Crippen LogP contribution in [-0.2, 0) is 8.85 Å². The molecule has 0 saturated carbocycles. The molecule has 96 valence electrons. The molecule has 3 heteroatoms. The molecule has 1 aliphatic heterocycles. The van der Waals surface area contributed by atoms with Gasteiger partial charge in [-0.15, -0.1) is 0 Å². The van der Waals surface area contributed by atoms with Gasteiger partial charge in [0, 0.05) is 25.3 Å². The maximum absolute atomic E-state index is 5.91. The Hall–Kier alpha value is 0.137. The van der Waals surface area contributed by atoms with Gasteiger partial charge in [0.25, 0.3) is 0 Å². The molecule has 1 heterocycles. The fraction of sp³-hybridized carbons (Fsp3) is 1.00. The summed E-state index contributed by atoms with van der Waals surface area (Å²) in [5.74, 6) is 1.48. The molecule has 2 nitrogen and oxygen atoms in total. The molecule has 4 unspecified atom stereocenters. The van der Waals surface area contributed by atoms with Crippen LogP contribution in [0, 0.1) is 11.8 Å². The fourth-order valence-corrected chi connectivity index (χ4v) is 7.94. The maximum atomic E-state index is 5.91. The summed E-state index contributed by atoms with van der Waals surface area (Å²) in [6.07, 6.45) is 3.79. The molecule has 0 bridgehead atoms. The highest BCUT2D eigenvalue weighted by Crippen LogP contribution is 2.59. The van der Waals surface area contributed by atoms with Crippen LogP contribution in [0.4, 0.5) is 0 Å². The molecule has 0 aromatic heterocycles. The van der Waals surface area contributed by atoms with Gasteiger partial charge in [-0.3, -0.25) is 0 Å². The zero-order valence-electron chi connectivity index (χ0n) is 11.7. The largest absolute Gasteiger partial charge is 0.397 e. The lowest BCUT2D eigenvalue weighted by molar-refractivity contribution is 0.141. The Morgan fingerprint density at radius 1 is 1.00 bits per heavy atom. The lowest BCUT2D eigenvalue weighted by Crippen LogP contribution is -2.61. The zero-order chi connectivity index (χ0) is 12.3. The summed E-state index contributed by atoms with van der Waals surface area (Å²) in [7, 11) is 1.80. The van der Waals surface area contributed by atoms with Gasteiger partial charge in [0.1, 0.15) is 0 Å². The number of rotatable bonds is 6. The van der Waals surface area contributed by atoms with E-state index in [-0.39, 0.29) is 0 Å². The summed E-state index contributed by atoms with van der Waals surface area (Å²) in [6.45, 7) is 9.23. The van der Waals surface area contributed by atoms with Crippen LogP contribution in [-0.4, -0.2) is 22.8 Å². The normalized spacial score (nSPS) is 31.9. The zero-order valence-corrected chi connectivity index (χ0v) is 12.7. The fourth-order valence-electron chi connectivity index (χ4n) is 3.23. The van der Waals surface area contributed by atoms with E-state index in [1.807, 2.05) is 14.2 Å². The lowest BCUT2D eigenvalue weighted by Gasteiger charge is -2.55. The Morgan fingerprint density at radius 3 is 1.62 bits per heavy atom. The van der Waals surface area contributed by atoms with Crippen molar-refractivity contribution in [2.75, 3.05) is 14.2 Å². The molecule has 0 amide bonds. The van der Waals surface area contributed by atoms with Gasteiger partial charge in [-0.1, -0.05) is 40.5 Å². The van der Waals surface area contributed by atoms with Crippen molar-refractivity contribution in [1.29, 1.82) is 0 Å². The summed E-state index contributed by atoms with van der Waals surface area (Å²) < 4.78 is 11.8. The van der Waals surface area contributed by atoms with E-state index in [9.17, 15) is 0 Å². The smallest absolute Gasteiger partial charge is 0.344 e. The molecule has 0 spiro atoms. The van der Waals surface area contributed by atoms with Crippen molar-refractivity contribution >= 4 is 8.56 Å². The highest BCUT2D eigenvalue weighted by atomic mass is 28.4. The van der Waals surface area contributed by atoms with Gasteiger partial charge >= 0.3 is 8.56 Å². The molecule has 0 N–H and O–H groups in total. The maximum Gasteiger partial charge on any atom is 0.344 e. The van der Waals surface area contributed by atoms with E-state index >= 15 is 0 Å². The topological polar surface area (TPSA) is 18.5 Å². The van der Waals surface area contributed by atoms with Gasteiger partial charge in [0.05, 0.1) is 0 Å². The van der Waals surface area contributed by atoms with Crippen molar-refractivity contribution in [2.24, 2.45) is 11.8 Å². The van der Waals surface area contributed by atoms with Crippen LogP contribution in [0.1, 0.15) is 47.0 Å². The van der Waals surface area contributed by atoms with Gasteiger partial charge < -0.3 is 8.85 Å². The summed E-state index contributed by atoms with van der Waals surface area (Å²) in [5.41, 5.74) is 1.40. The molecule has 0 radical (unpaired) electrons. The Labute approximate surface area is 102 Å². The standard InChI is InChI=1S/C13H28O2Si/c1-7-10(3)12-9-13(11(4)8-2)16(12,14-5)15-6/h10-13H,7-9H2,1-6H3. The van der Waals surface area contributed by atoms with E-state index < -0.39 is 8.56 Å². The SMILES string of the molecule is CCC(C)C1CC(C(C)CC)[Si]1(OC)OC. The second-order valence-corrected chi connectivity index (χ2v) is 9.09. The van der Waals surface area contributed by atoms with Crippen molar-refractivity contribution in [2.45, 2.75) is 58.0 Å². The van der Waals surface area contributed by atoms with Crippen LogP contribution in [0.5, 0.6) is 0 Å². The summed E-state index contributed by atoms with van der Waals surface area (Å²) in [4.78, 5) is 0. The molecule has 1 fully saturated rings. The van der Waals surface area contributed by atoms with Crippen LogP contribution < -0.4 is 0 Å². The molecule has 0 aromatic carbocycles. The van der Waals surface area contributed by atoms with Crippen molar-refractivity contribution in [3.05, 3.63) is 0 Å². The van der Waals surface area contributed by atoms with Crippen molar-refractivity contribution in [3.8, 4) is 0 Å². The lowest BCUT2D eigenvalue weighted by atomic mass is 9.93. The van der Waals surface area contributed by atoms with E-state index in [1.54, 1.807) is 0 Å². The minimum Gasteiger partial charge on any atom is -0.397 e. The number of hydrogen-bond acceptors (Lipinski definition) is 2. The third-order valence-corrected chi connectivity index (χ3v) is 9.79. The second kappa shape index (κ2) is 5.65. The molecule has 1 rings (SSSR count). The summed E-state index contributed by atoms with van der Waals surface area (Å²) >= 11 is 0. The highest BCUT2D eigenvalue weighted by molar-refractivity contribution is 6.73. The first-order chi connectivity index (χ1) is 7.57. The van der Waals surface area contributed by atoms with Gasteiger partial charge in [-0.25, -0.2) is 0 Å². The summed E-state index contributed by atoms with van der Waals surface area (Å²) in [6, 6.07) is 0. The number of hydrogen-bond donors (Lipinski definition) is 0. The van der Waals surface area contributed by atoms with E-state index in [0.717, 1.165) is 11.8 Å². The predicted molar refractivity (Wildman–Crippen MR) is 70.8 cm³/mol.